The van der Waals surface area contributed by atoms with E-state index >= 15 is 0 Å². The van der Waals surface area contributed by atoms with Crippen LogP contribution in [-0.4, -0.2) is 31.2 Å². The van der Waals surface area contributed by atoms with E-state index in [-0.39, 0.29) is 0 Å². The Kier molecular flexibility index (Phi) is 7.49. The number of hydrogen-bond acceptors (Lipinski definition) is 5. The summed E-state index contributed by atoms with van der Waals surface area (Å²) in [6, 6.07) is 13.8. The highest BCUT2D eigenvalue weighted by atomic mass is 35.5. The smallest absolute Gasteiger partial charge is 0.348 e. The van der Waals surface area contributed by atoms with E-state index in [4.69, 9.17) is 25.8 Å². The van der Waals surface area contributed by atoms with Crippen molar-refractivity contribution in [2.75, 3.05) is 12.4 Å². The van der Waals surface area contributed by atoms with Gasteiger partial charge in [-0.1, -0.05) is 36.7 Å². The van der Waals surface area contributed by atoms with Crippen LogP contribution in [0.3, 0.4) is 0 Å². The summed E-state index contributed by atoms with van der Waals surface area (Å²) in [6.07, 6.45) is -1.37. The molecule has 2 rings (SSSR count). The molecule has 0 heterocycles. The zero-order valence-electron chi connectivity index (χ0n) is 15.4. The highest BCUT2D eigenvalue weighted by Gasteiger charge is 2.25. The van der Waals surface area contributed by atoms with E-state index in [0.29, 0.717) is 28.6 Å². The van der Waals surface area contributed by atoms with Gasteiger partial charge in [0.2, 0.25) is 0 Å². The summed E-state index contributed by atoms with van der Waals surface area (Å²) in [7, 11) is 1.50. The quantitative estimate of drug-likeness (QED) is 0.686. The Morgan fingerprint density at radius 3 is 2.44 bits per heavy atom. The summed E-state index contributed by atoms with van der Waals surface area (Å²) in [5.41, 5.74) is 0.473. The average molecular weight is 392 g/mol. The molecule has 2 atom stereocenters. The maximum absolute atomic E-state index is 12.3. The van der Waals surface area contributed by atoms with E-state index in [1.54, 1.807) is 37.3 Å². The fourth-order valence-corrected chi connectivity index (χ4v) is 2.51. The number of hydrogen-bond donors (Lipinski definition) is 1. The average Bonchev–Trinajstić information content (AvgIpc) is 2.66. The fraction of sp³-hybridized carbons (Fsp3) is 0.300. The van der Waals surface area contributed by atoms with Crippen molar-refractivity contribution in [2.24, 2.45) is 0 Å². The van der Waals surface area contributed by atoms with E-state index in [0.717, 1.165) is 0 Å². The second kappa shape index (κ2) is 9.83. The van der Waals surface area contributed by atoms with Crippen molar-refractivity contribution in [1.29, 1.82) is 0 Å². The highest BCUT2D eigenvalue weighted by molar-refractivity contribution is 6.32. The summed E-state index contributed by atoms with van der Waals surface area (Å²) in [6.45, 7) is 3.30. The summed E-state index contributed by atoms with van der Waals surface area (Å²) >= 11 is 6.04. The Morgan fingerprint density at radius 2 is 1.85 bits per heavy atom. The summed E-state index contributed by atoms with van der Waals surface area (Å²) in [5, 5.41) is 3.01. The predicted molar refractivity (Wildman–Crippen MR) is 103 cm³/mol. The lowest BCUT2D eigenvalue weighted by Crippen LogP contribution is -2.36. The summed E-state index contributed by atoms with van der Waals surface area (Å²) < 4.78 is 15.9. The molecule has 0 spiro atoms. The predicted octanol–water partition coefficient (Wildman–Crippen LogP) is 4.08. The highest BCUT2D eigenvalue weighted by Crippen LogP contribution is 2.27. The second-order valence-corrected chi connectivity index (χ2v) is 6.15. The van der Waals surface area contributed by atoms with Gasteiger partial charge in [0.25, 0.3) is 5.91 Å². The molecule has 0 saturated heterocycles. The number of amides is 1. The number of nitrogens with one attached hydrogen (secondary N) is 1. The van der Waals surface area contributed by atoms with Crippen molar-refractivity contribution < 1.29 is 23.8 Å². The normalized spacial score (nSPS) is 12.6. The van der Waals surface area contributed by atoms with Crippen LogP contribution in [0.5, 0.6) is 11.5 Å². The number of ether oxygens (including phenoxy) is 3. The summed E-state index contributed by atoms with van der Waals surface area (Å²) in [5.74, 6) is -0.0137. The lowest BCUT2D eigenvalue weighted by Gasteiger charge is -2.19. The molecule has 1 N–H and O–H groups in total. The number of carbonyl (C=O) groups is 2. The number of esters is 1. The van der Waals surface area contributed by atoms with E-state index < -0.39 is 24.1 Å². The molecule has 6 nitrogen and oxygen atoms in total. The first-order valence-electron chi connectivity index (χ1n) is 8.51. The molecule has 1 amide bonds. The van der Waals surface area contributed by atoms with Gasteiger partial charge in [0.15, 0.2) is 12.2 Å². The van der Waals surface area contributed by atoms with Crippen LogP contribution < -0.4 is 14.8 Å². The van der Waals surface area contributed by atoms with Gasteiger partial charge in [-0.25, -0.2) is 4.79 Å². The molecule has 0 aliphatic heterocycles. The van der Waals surface area contributed by atoms with Crippen molar-refractivity contribution in [2.45, 2.75) is 32.5 Å². The second-order valence-electron chi connectivity index (χ2n) is 5.75. The third-order valence-corrected chi connectivity index (χ3v) is 4.03. The van der Waals surface area contributed by atoms with E-state index in [1.165, 1.54) is 14.0 Å². The Bertz CT molecular complexity index is 781. The van der Waals surface area contributed by atoms with E-state index in [9.17, 15) is 9.59 Å². The zero-order valence-corrected chi connectivity index (χ0v) is 16.2. The van der Waals surface area contributed by atoms with Gasteiger partial charge in [-0.15, -0.1) is 0 Å². The molecule has 144 valence electrons. The van der Waals surface area contributed by atoms with Gasteiger partial charge < -0.3 is 19.5 Å². The van der Waals surface area contributed by atoms with Crippen LogP contribution >= 0.6 is 11.6 Å². The minimum absolute atomic E-state index is 0.363. The molecule has 2 aromatic carbocycles. The number of rotatable bonds is 8. The molecule has 2 aromatic rings. The van der Waals surface area contributed by atoms with Crippen molar-refractivity contribution in [3.8, 4) is 11.5 Å². The van der Waals surface area contributed by atoms with Crippen LogP contribution in [-0.2, 0) is 14.3 Å². The zero-order chi connectivity index (χ0) is 19.8. The van der Waals surface area contributed by atoms with Gasteiger partial charge in [-0.05, 0) is 43.7 Å². The first kappa shape index (κ1) is 20.6. The van der Waals surface area contributed by atoms with Crippen molar-refractivity contribution in [3.63, 3.8) is 0 Å². The largest absolute Gasteiger partial charge is 0.495 e. The first-order valence-corrected chi connectivity index (χ1v) is 8.89. The van der Waals surface area contributed by atoms with Gasteiger partial charge >= 0.3 is 5.97 Å². The van der Waals surface area contributed by atoms with E-state index in [1.807, 2.05) is 18.2 Å². The summed E-state index contributed by atoms with van der Waals surface area (Å²) in [4.78, 5) is 24.6. The van der Waals surface area contributed by atoms with Gasteiger partial charge in [0, 0.05) is 5.69 Å². The maximum Gasteiger partial charge on any atom is 0.348 e. The molecule has 0 aliphatic rings. The number of benzene rings is 2. The third-order valence-electron chi connectivity index (χ3n) is 3.74. The van der Waals surface area contributed by atoms with Crippen LogP contribution in [0, 0.1) is 0 Å². The Hall–Kier alpha value is -2.73. The van der Waals surface area contributed by atoms with E-state index in [2.05, 4.69) is 5.32 Å². The lowest BCUT2D eigenvalue weighted by atomic mass is 10.2. The number of para-hydroxylation sites is 1. The molecule has 0 aliphatic carbocycles. The molecule has 27 heavy (non-hydrogen) atoms. The topological polar surface area (TPSA) is 73.9 Å². The molecular weight excluding hydrogens is 370 g/mol. The maximum atomic E-state index is 12.3. The fourth-order valence-electron chi connectivity index (χ4n) is 2.25. The Morgan fingerprint density at radius 1 is 1.15 bits per heavy atom. The van der Waals surface area contributed by atoms with Crippen LogP contribution in [0.2, 0.25) is 5.02 Å². The number of halogens is 1. The van der Waals surface area contributed by atoms with Crippen LogP contribution in [0.15, 0.2) is 48.5 Å². The third kappa shape index (κ3) is 5.89. The first-order chi connectivity index (χ1) is 12.9. The SMILES string of the molecule is CC[C@H](Oc1ccccc1)C(=O)O[C@@H](C)C(=O)Nc1ccc(OC)c(Cl)c1. The number of carbonyl (C=O) groups excluding carboxylic acids is 2. The minimum Gasteiger partial charge on any atom is -0.495 e. The van der Waals surface area contributed by atoms with Crippen LogP contribution in [0.1, 0.15) is 20.3 Å². The molecule has 0 radical (unpaired) electrons. The van der Waals surface area contributed by atoms with Gasteiger partial charge in [0.1, 0.15) is 11.5 Å². The number of anilines is 1. The standard InChI is InChI=1S/C20H22ClNO5/c1-4-17(27-15-8-6-5-7-9-15)20(24)26-13(2)19(23)22-14-10-11-18(25-3)16(21)12-14/h5-13,17H,4H2,1-3H3,(H,22,23)/t13-,17-/m0/s1. The van der Waals surface area contributed by atoms with Gasteiger partial charge in [-0.2, -0.15) is 0 Å². The van der Waals surface area contributed by atoms with Gasteiger partial charge in [0.05, 0.1) is 12.1 Å². The molecule has 7 heteroatoms. The molecule has 0 saturated carbocycles. The molecule has 0 aromatic heterocycles. The molecule has 0 unspecified atom stereocenters. The van der Waals surface area contributed by atoms with Crippen LogP contribution in [0.25, 0.3) is 0 Å². The monoisotopic (exact) mass is 391 g/mol. The lowest BCUT2D eigenvalue weighted by molar-refractivity contribution is -0.160. The van der Waals surface area contributed by atoms with Crippen molar-refractivity contribution in [1.82, 2.24) is 0 Å². The van der Waals surface area contributed by atoms with Crippen LogP contribution in [0.4, 0.5) is 5.69 Å². The minimum atomic E-state index is -0.994. The van der Waals surface area contributed by atoms with Crippen molar-refractivity contribution in [3.05, 3.63) is 53.6 Å². The van der Waals surface area contributed by atoms with Gasteiger partial charge in [-0.3, -0.25) is 4.79 Å². The molecule has 0 bridgehead atoms. The Balaban J connectivity index is 1.93. The molecular formula is C20H22ClNO5. The number of methoxy groups -OCH3 is 1. The Labute approximate surface area is 163 Å². The van der Waals surface area contributed by atoms with Crippen molar-refractivity contribution >= 4 is 29.2 Å². The molecule has 0 fully saturated rings.